The largest absolute Gasteiger partial charge is 0.494 e. The summed E-state index contributed by atoms with van der Waals surface area (Å²) in [4.78, 5) is 14.7. The zero-order chi connectivity index (χ0) is 16.2. The smallest absolute Gasteiger partial charge is 0.253 e. The molecule has 0 radical (unpaired) electrons. The molecule has 0 aliphatic carbocycles. The molecule has 0 spiro atoms. The second-order valence-corrected chi connectivity index (χ2v) is 7.23. The van der Waals surface area contributed by atoms with E-state index in [0.29, 0.717) is 18.0 Å². The molecule has 2 fully saturated rings. The van der Waals surface area contributed by atoms with Gasteiger partial charge >= 0.3 is 0 Å². The minimum Gasteiger partial charge on any atom is -0.494 e. The maximum absolute atomic E-state index is 12.7. The Hall–Kier alpha value is -1.55. The lowest BCUT2D eigenvalue weighted by Crippen LogP contribution is -2.39. The number of ether oxygens (including phenoxy) is 1. The Labute approximate surface area is 139 Å². The van der Waals surface area contributed by atoms with E-state index >= 15 is 0 Å². The van der Waals surface area contributed by atoms with Gasteiger partial charge in [0.05, 0.1) is 6.61 Å². The van der Waals surface area contributed by atoms with Crippen molar-refractivity contribution in [1.82, 2.24) is 10.2 Å². The van der Waals surface area contributed by atoms with E-state index in [-0.39, 0.29) is 5.91 Å². The van der Waals surface area contributed by atoms with E-state index in [1.807, 2.05) is 29.2 Å². The lowest BCUT2D eigenvalue weighted by molar-refractivity contribution is 0.0748. The lowest BCUT2D eigenvalue weighted by atomic mass is 10.1. The highest BCUT2D eigenvalue weighted by atomic mass is 16.5. The van der Waals surface area contributed by atoms with Crippen molar-refractivity contribution in [3.63, 3.8) is 0 Å². The van der Waals surface area contributed by atoms with Crippen LogP contribution >= 0.6 is 0 Å². The van der Waals surface area contributed by atoms with Crippen molar-refractivity contribution in [2.45, 2.75) is 51.6 Å². The van der Waals surface area contributed by atoms with Crippen LogP contribution in [0.4, 0.5) is 0 Å². The molecule has 23 heavy (non-hydrogen) atoms. The average Bonchev–Trinajstić information content (AvgIpc) is 2.86. The summed E-state index contributed by atoms with van der Waals surface area (Å²) in [5.41, 5.74) is 0.763. The Balaban J connectivity index is 1.57. The second-order valence-electron chi connectivity index (χ2n) is 7.23. The third kappa shape index (κ3) is 4.25. The molecular weight excluding hydrogens is 288 g/mol. The monoisotopic (exact) mass is 316 g/mol. The van der Waals surface area contributed by atoms with Crippen molar-refractivity contribution >= 4 is 5.91 Å². The topological polar surface area (TPSA) is 41.6 Å². The summed E-state index contributed by atoms with van der Waals surface area (Å²) in [6.45, 7) is 6.80. The molecule has 1 amide bonds. The first-order valence-corrected chi connectivity index (χ1v) is 8.90. The number of hydrogen-bond donors (Lipinski definition) is 1. The van der Waals surface area contributed by atoms with Gasteiger partial charge in [-0.25, -0.2) is 0 Å². The van der Waals surface area contributed by atoms with E-state index in [1.54, 1.807) is 0 Å². The molecule has 2 atom stereocenters. The van der Waals surface area contributed by atoms with E-state index in [1.165, 1.54) is 12.8 Å². The van der Waals surface area contributed by atoms with Crippen LogP contribution in [0.25, 0.3) is 0 Å². The molecule has 1 aromatic carbocycles. The van der Waals surface area contributed by atoms with Crippen molar-refractivity contribution < 1.29 is 9.53 Å². The van der Waals surface area contributed by atoms with E-state index in [2.05, 4.69) is 19.2 Å². The van der Waals surface area contributed by atoms with Gasteiger partial charge in [-0.2, -0.15) is 0 Å². The Kier molecular flexibility index (Phi) is 5.21. The fraction of sp³-hybridized carbons (Fsp3) is 0.632. The molecule has 2 heterocycles. The summed E-state index contributed by atoms with van der Waals surface area (Å²) in [7, 11) is 0. The lowest BCUT2D eigenvalue weighted by Gasteiger charge is -2.24. The fourth-order valence-electron chi connectivity index (χ4n) is 3.42. The zero-order valence-electron chi connectivity index (χ0n) is 14.3. The number of nitrogens with one attached hydrogen (secondary N) is 1. The van der Waals surface area contributed by atoms with Gasteiger partial charge in [-0.3, -0.25) is 4.79 Å². The van der Waals surface area contributed by atoms with Crippen LogP contribution in [0, 0.1) is 5.92 Å². The highest BCUT2D eigenvalue weighted by Crippen LogP contribution is 2.22. The van der Waals surface area contributed by atoms with Gasteiger partial charge in [-0.1, -0.05) is 13.8 Å². The minimum absolute atomic E-state index is 0.146. The summed E-state index contributed by atoms with van der Waals surface area (Å²) in [6.07, 6.45) is 4.56. The fourth-order valence-corrected chi connectivity index (χ4v) is 3.42. The third-order valence-corrected chi connectivity index (χ3v) is 4.88. The molecule has 2 aliphatic heterocycles. The van der Waals surface area contributed by atoms with E-state index < -0.39 is 0 Å². The maximum atomic E-state index is 12.7. The predicted octanol–water partition coefficient (Wildman–Crippen LogP) is 3.08. The van der Waals surface area contributed by atoms with Crippen LogP contribution < -0.4 is 10.1 Å². The maximum Gasteiger partial charge on any atom is 0.253 e. The third-order valence-electron chi connectivity index (χ3n) is 4.88. The first-order chi connectivity index (χ1) is 11.1. The Morgan fingerprint density at radius 1 is 1.22 bits per heavy atom. The zero-order valence-corrected chi connectivity index (χ0v) is 14.3. The van der Waals surface area contributed by atoms with Gasteiger partial charge in [-0.05, 0) is 55.9 Å². The quantitative estimate of drug-likeness (QED) is 0.907. The number of fused-ring (bicyclic) bond motifs is 2. The molecule has 3 rings (SSSR count). The molecule has 0 aromatic heterocycles. The van der Waals surface area contributed by atoms with Crippen LogP contribution in [-0.2, 0) is 0 Å². The molecule has 126 valence electrons. The van der Waals surface area contributed by atoms with Crippen LogP contribution in [0.1, 0.15) is 49.9 Å². The van der Waals surface area contributed by atoms with Crippen LogP contribution in [0.5, 0.6) is 5.75 Å². The molecule has 2 unspecified atom stereocenters. The normalized spacial score (nSPS) is 23.9. The first kappa shape index (κ1) is 16.3. The van der Waals surface area contributed by atoms with Crippen LogP contribution in [-0.4, -0.2) is 42.6 Å². The number of rotatable bonds is 5. The summed E-state index contributed by atoms with van der Waals surface area (Å²) in [5.74, 6) is 1.63. The van der Waals surface area contributed by atoms with Gasteiger partial charge in [0.1, 0.15) is 5.75 Å². The number of carbonyl (C=O) groups is 1. The van der Waals surface area contributed by atoms with Crippen LogP contribution in [0.15, 0.2) is 24.3 Å². The number of likely N-dealkylation sites (tertiary alicyclic amines) is 1. The molecule has 4 heteroatoms. The van der Waals surface area contributed by atoms with Crippen LogP contribution in [0.3, 0.4) is 0 Å². The van der Waals surface area contributed by atoms with E-state index in [4.69, 9.17) is 4.74 Å². The predicted molar refractivity (Wildman–Crippen MR) is 91.9 cm³/mol. The number of benzene rings is 1. The molecule has 4 nitrogen and oxygen atoms in total. The summed E-state index contributed by atoms with van der Waals surface area (Å²) in [5, 5.41) is 3.62. The number of amides is 1. The van der Waals surface area contributed by atoms with E-state index in [9.17, 15) is 4.79 Å². The van der Waals surface area contributed by atoms with Crippen molar-refractivity contribution in [1.29, 1.82) is 0 Å². The highest BCUT2D eigenvalue weighted by Gasteiger charge is 2.31. The Morgan fingerprint density at radius 3 is 2.70 bits per heavy atom. The summed E-state index contributed by atoms with van der Waals surface area (Å²) in [6, 6.07) is 8.69. The van der Waals surface area contributed by atoms with Gasteiger partial charge in [0.15, 0.2) is 0 Å². The van der Waals surface area contributed by atoms with Crippen LogP contribution in [0.2, 0.25) is 0 Å². The molecule has 2 aliphatic rings. The highest BCUT2D eigenvalue weighted by molar-refractivity contribution is 5.94. The van der Waals surface area contributed by atoms with Gasteiger partial charge in [-0.15, -0.1) is 0 Å². The molecule has 2 saturated heterocycles. The molecule has 0 saturated carbocycles. The van der Waals surface area contributed by atoms with Crippen molar-refractivity contribution in [2.24, 2.45) is 5.92 Å². The van der Waals surface area contributed by atoms with Crippen molar-refractivity contribution in [2.75, 3.05) is 19.7 Å². The summed E-state index contributed by atoms with van der Waals surface area (Å²) < 4.78 is 5.72. The molecular formula is C19H28N2O2. The number of nitrogens with zero attached hydrogens (tertiary/aromatic N) is 1. The van der Waals surface area contributed by atoms with Crippen molar-refractivity contribution in [3.8, 4) is 5.75 Å². The van der Waals surface area contributed by atoms with Gasteiger partial charge < -0.3 is 15.0 Å². The van der Waals surface area contributed by atoms with Gasteiger partial charge in [0.25, 0.3) is 5.91 Å². The molecule has 2 bridgehead atoms. The minimum atomic E-state index is 0.146. The Morgan fingerprint density at radius 2 is 1.96 bits per heavy atom. The Bertz CT molecular complexity index is 527. The van der Waals surface area contributed by atoms with Gasteiger partial charge in [0.2, 0.25) is 0 Å². The average molecular weight is 316 g/mol. The van der Waals surface area contributed by atoms with Gasteiger partial charge in [0, 0.05) is 30.7 Å². The summed E-state index contributed by atoms with van der Waals surface area (Å²) >= 11 is 0. The SMILES string of the molecule is CC(C)CCOc1ccc(C(=O)N2CCC3CCC(C2)N3)cc1. The van der Waals surface area contributed by atoms with E-state index in [0.717, 1.165) is 43.9 Å². The number of carbonyl (C=O) groups excluding carboxylic acids is 1. The molecule has 1 N–H and O–H groups in total. The molecule has 1 aromatic rings. The number of hydrogen-bond acceptors (Lipinski definition) is 3. The standard InChI is InChI=1S/C19H28N2O2/c1-14(2)10-12-23-18-7-3-15(4-8-18)19(22)21-11-9-16-5-6-17(13-21)20-16/h3-4,7-8,14,16-17,20H,5-6,9-13H2,1-2H3. The second kappa shape index (κ2) is 7.35. The van der Waals surface area contributed by atoms with Crippen molar-refractivity contribution in [3.05, 3.63) is 29.8 Å². The first-order valence-electron chi connectivity index (χ1n) is 8.90.